The molecule has 1 aliphatic heterocycles. The highest BCUT2D eigenvalue weighted by Gasteiger charge is 2.30. The number of pyridine rings is 2. The lowest BCUT2D eigenvalue weighted by molar-refractivity contribution is 0.122. The molecule has 7 rings (SSSR count). The molecular weight excluding hydrogens is 498 g/mol. The number of benzene rings is 2. The quantitative estimate of drug-likeness (QED) is 0.303. The minimum Gasteiger partial charge on any atom is -0.378 e. The number of aryl methyl sites for hydroxylation is 1. The van der Waals surface area contributed by atoms with E-state index < -0.39 is 0 Å². The number of hydrogen-bond acceptors (Lipinski definition) is 6. The van der Waals surface area contributed by atoms with Crippen molar-refractivity contribution in [2.75, 3.05) is 42.6 Å². The number of ether oxygens (including phenoxy) is 1. The number of nitrogens with zero attached hydrogens (tertiary/aromatic N) is 5. The highest BCUT2D eigenvalue weighted by Crippen LogP contribution is 2.47. The highest BCUT2D eigenvalue weighted by atomic mass is 16.5. The Kier molecular flexibility index (Phi) is 6.28. The van der Waals surface area contributed by atoms with Gasteiger partial charge in [0.2, 0.25) is 0 Å². The molecule has 3 aliphatic rings. The van der Waals surface area contributed by atoms with E-state index in [4.69, 9.17) is 4.74 Å². The molecular formula is C33H33N5O2. The van der Waals surface area contributed by atoms with Crippen molar-refractivity contribution < 1.29 is 4.74 Å². The van der Waals surface area contributed by atoms with Crippen molar-refractivity contribution in [2.24, 2.45) is 13.0 Å². The van der Waals surface area contributed by atoms with Crippen LogP contribution < -0.4 is 15.4 Å². The molecule has 2 saturated carbocycles. The van der Waals surface area contributed by atoms with E-state index in [1.807, 2.05) is 6.07 Å². The lowest BCUT2D eigenvalue weighted by Gasteiger charge is -2.29. The molecule has 7 heteroatoms. The van der Waals surface area contributed by atoms with Crippen LogP contribution in [0.4, 0.5) is 17.1 Å². The van der Waals surface area contributed by atoms with Gasteiger partial charge in [-0.15, -0.1) is 0 Å². The summed E-state index contributed by atoms with van der Waals surface area (Å²) in [6.45, 7) is 4.20. The number of anilines is 3. The fourth-order valence-corrected chi connectivity index (χ4v) is 5.87. The second-order valence-corrected chi connectivity index (χ2v) is 11.3. The first-order valence-corrected chi connectivity index (χ1v) is 14.3. The molecule has 0 spiro atoms. The maximum absolute atomic E-state index is 13.1. The number of morpholine rings is 1. The van der Waals surface area contributed by atoms with Gasteiger partial charge in [0, 0.05) is 44.1 Å². The van der Waals surface area contributed by atoms with E-state index in [-0.39, 0.29) is 5.56 Å². The summed E-state index contributed by atoms with van der Waals surface area (Å²) in [7, 11) is 1.76. The largest absolute Gasteiger partial charge is 0.378 e. The summed E-state index contributed by atoms with van der Waals surface area (Å²) in [5, 5.41) is 9.57. The summed E-state index contributed by atoms with van der Waals surface area (Å²) in [6, 6.07) is 23.1. The van der Waals surface area contributed by atoms with Gasteiger partial charge in [-0.2, -0.15) is 5.26 Å². The summed E-state index contributed by atoms with van der Waals surface area (Å²) in [5.41, 5.74) is 8.62. The topological polar surface area (TPSA) is 74.4 Å². The van der Waals surface area contributed by atoms with Crippen LogP contribution in [-0.4, -0.2) is 42.4 Å². The molecule has 0 bridgehead atoms. The molecule has 0 unspecified atom stereocenters. The zero-order valence-corrected chi connectivity index (χ0v) is 22.8. The number of fused-ring (bicyclic) bond motifs is 1. The minimum absolute atomic E-state index is 0.0802. The maximum atomic E-state index is 13.1. The van der Waals surface area contributed by atoms with Crippen molar-refractivity contribution >= 4 is 28.1 Å². The van der Waals surface area contributed by atoms with Crippen LogP contribution in [0, 0.1) is 17.2 Å². The second-order valence-electron chi connectivity index (χ2n) is 11.3. The van der Waals surface area contributed by atoms with E-state index in [1.54, 1.807) is 23.7 Å². The maximum Gasteiger partial charge on any atom is 0.252 e. The molecule has 3 heterocycles. The van der Waals surface area contributed by atoms with Gasteiger partial charge in [-0.1, -0.05) is 18.2 Å². The SMILES string of the molecule is Cn1c(=O)cc(N(CC2CC2)c2ccc(C3CC3)c(-c3ccc(N4CCOCC4)cc3)c2)c2nc(C#N)ccc21. The Hall–Kier alpha value is -4.15. The number of aromatic nitrogens is 2. The molecule has 202 valence electrons. The van der Waals surface area contributed by atoms with Crippen LogP contribution in [-0.2, 0) is 11.8 Å². The molecule has 0 radical (unpaired) electrons. The minimum atomic E-state index is -0.0802. The van der Waals surface area contributed by atoms with Crippen LogP contribution in [0.3, 0.4) is 0 Å². The van der Waals surface area contributed by atoms with Gasteiger partial charge < -0.3 is 19.1 Å². The van der Waals surface area contributed by atoms with Gasteiger partial charge in [-0.25, -0.2) is 4.98 Å². The van der Waals surface area contributed by atoms with Gasteiger partial charge in [-0.3, -0.25) is 4.79 Å². The number of rotatable bonds is 7. The van der Waals surface area contributed by atoms with E-state index in [0.29, 0.717) is 23.0 Å². The predicted octanol–water partition coefficient (Wildman–Crippen LogP) is 5.73. The van der Waals surface area contributed by atoms with Gasteiger partial charge >= 0.3 is 0 Å². The lowest BCUT2D eigenvalue weighted by Crippen LogP contribution is -2.36. The van der Waals surface area contributed by atoms with Crippen LogP contribution in [0.2, 0.25) is 0 Å². The van der Waals surface area contributed by atoms with Crippen LogP contribution >= 0.6 is 0 Å². The third-order valence-electron chi connectivity index (χ3n) is 8.53. The van der Waals surface area contributed by atoms with E-state index in [9.17, 15) is 10.1 Å². The Labute approximate surface area is 234 Å². The van der Waals surface area contributed by atoms with Crippen LogP contribution in [0.1, 0.15) is 42.9 Å². The zero-order valence-electron chi connectivity index (χ0n) is 22.8. The summed E-state index contributed by atoms with van der Waals surface area (Å²) >= 11 is 0. The molecule has 7 nitrogen and oxygen atoms in total. The van der Waals surface area contributed by atoms with Crippen molar-refractivity contribution in [1.29, 1.82) is 5.26 Å². The smallest absolute Gasteiger partial charge is 0.252 e. The third kappa shape index (κ3) is 4.73. The number of nitriles is 1. The molecule has 2 aliphatic carbocycles. The van der Waals surface area contributed by atoms with Gasteiger partial charge in [0.25, 0.3) is 5.56 Å². The van der Waals surface area contributed by atoms with Crippen LogP contribution in [0.15, 0.2) is 65.5 Å². The molecule has 1 saturated heterocycles. The van der Waals surface area contributed by atoms with Gasteiger partial charge in [-0.05, 0) is 90.6 Å². The summed E-state index contributed by atoms with van der Waals surface area (Å²) < 4.78 is 7.14. The van der Waals surface area contributed by atoms with Crippen molar-refractivity contribution in [3.05, 3.63) is 82.3 Å². The van der Waals surface area contributed by atoms with Crippen LogP contribution in [0.5, 0.6) is 0 Å². The third-order valence-corrected chi connectivity index (χ3v) is 8.53. The average molecular weight is 532 g/mol. The van der Waals surface area contributed by atoms with E-state index in [2.05, 4.69) is 63.3 Å². The first-order valence-electron chi connectivity index (χ1n) is 14.3. The fraction of sp³-hybridized carbons (Fsp3) is 0.364. The summed E-state index contributed by atoms with van der Waals surface area (Å²) in [4.78, 5) is 22.4. The van der Waals surface area contributed by atoms with Crippen molar-refractivity contribution in [3.63, 3.8) is 0 Å². The fourth-order valence-electron chi connectivity index (χ4n) is 5.87. The summed E-state index contributed by atoms with van der Waals surface area (Å²) in [6.07, 6.45) is 4.83. The molecule has 2 aromatic carbocycles. The van der Waals surface area contributed by atoms with E-state index in [0.717, 1.165) is 49.7 Å². The monoisotopic (exact) mass is 531 g/mol. The average Bonchev–Trinajstić information content (AvgIpc) is 3.93. The normalized spacial score (nSPS) is 17.1. The standard InChI is InChI=1S/C33H33N5O2/c1-36-30-13-8-25(20-34)35-33(30)31(19-32(36)39)38(21-22-2-3-22)27-11-12-28(23-4-5-23)29(18-27)24-6-9-26(10-7-24)37-14-16-40-17-15-37/h6-13,18-19,22-23H,2-5,14-17,21H2,1H3. The molecule has 2 aromatic heterocycles. The van der Waals surface area contributed by atoms with Gasteiger partial charge in [0.05, 0.1) is 24.4 Å². The Bertz CT molecular complexity index is 1670. The number of hydrogen-bond donors (Lipinski definition) is 0. The molecule has 40 heavy (non-hydrogen) atoms. The summed E-state index contributed by atoms with van der Waals surface area (Å²) in [5.74, 6) is 1.18. The molecule has 0 amide bonds. The molecule has 0 N–H and O–H groups in total. The zero-order chi connectivity index (χ0) is 27.2. The van der Waals surface area contributed by atoms with E-state index in [1.165, 1.54) is 48.1 Å². The highest BCUT2D eigenvalue weighted by molar-refractivity contribution is 5.91. The second kappa shape index (κ2) is 10.1. The first-order chi connectivity index (χ1) is 19.6. The predicted molar refractivity (Wildman–Crippen MR) is 158 cm³/mol. The van der Waals surface area contributed by atoms with E-state index >= 15 is 0 Å². The first kappa shape index (κ1) is 24.9. The molecule has 0 atom stereocenters. The van der Waals surface area contributed by atoms with Crippen molar-refractivity contribution in [2.45, 2.75) is 31.6 Å². The van der Waals surface area contributed by atoms with Crippen molar-refractivity contribution in [3.8, 4) is 17.2 Å². The Morgan fingerprint density at radius 2 is 1.77 bits per heavy atom. The molecule has 3 fully saturated rings. The van der Waals surface area contributed by atoms with Crippen LogP contribution in [0.25, 0.3) is 22.2 Å². The van der Waals surface area contributed by atoms with Gasteiger partial charge in [0.15, 0.2) is 0 Å². The Morgan fingerprint density at radius 3 is 2.48 bits per heavy atom. The Balaban J connectivity index is 1.34. The Morgan fingerprint density at radius 1 is 1.00 bits per heavy atom. The van der Waals surface area contributed by atoms with Gasteiger partial charge in [0.1, 0.15) is 17.3 Å². The van der Waals surface area contributed by atoms with Crippen molar-refractivity contribution in [1.82, 2.24) is 9.55 Å². The molecule has 4 aromatic rings. The lowest BCUT2D eigenvalue weighted by atomic mass is 9.95.